The number of ether oxygens (including phenoxy) is 2. The summed E-state index contributed by atoms with van der Waals surface area (Å²) in [6, 6.07) is 39.9. The Morgan fingerprint density at radius 1 is 0.756 bits per heavy atom. The number of hydrogen-bond acceptors (Lipinski definition) is 6. The van der Waals surface area contributed by atoms with Gasteiger partial charge in [-0.3, -0.25) is 0 Å². The van der Waals surface area contributed by atoms with E-state index in [0.29, 0.717) is 6.42 Å². The molecule has 235 valence electrons. The molecule has 1 aromatic heterocycles. The first kappa shape index (κ1) is 34.1. The molecule has 0 saturated carbocycles. The minimum atomic E-state index is -2.75. The first-order valence-corrected chi connectivity index (χ1v) is 16.8. The van der Waals surface area contributed by atoms with E-state index in [-0.39, 0.29) is 32.3 Å². The van der Waals surface area contributed by atoms with Crippen molar-refractivity contribution in [3.63, 3.8) is 0 Å². The van der Waals surface area contributed by atoms with Crippen molar-refractivity contribution in [1.29, 1.82) is 0 Å². The molecule has 2 atom stereocenters. The van der Waals surface area contributed by atoms with Gasteiger partial charge in [0.2, 0.25) is 0 Å². The van der Waals surface area contributed by atoms with Crippen LogP contribution in [0, 0.1) is 6.07 Å². The average Bonchev–Trinajstić information content (AvgIpc) is 3.05. The molecule has 5 aromatic rings. The van der Waals surface area contributed by atoms with Crippen molar-refractivity contribution in [2.45, 2.75) is 32.5 Å². The molecule has 2 unspecified atom stereocenters. The van der Waals surface area contributed by atoms with Gasteiger partial charge >= 0.3 is 0 Å². The van der Waals surface area contributed by atoms with Crippen LogP contribution in [0.15, 0.2) is 109 Å². The van der Waals surface area contributed by atoms with Crippen molar-refractivity contribution >= 4 is 40.2 Å². The molecule has 0 fully saturated rings. The van der Waals surface area contributed by atoms with Crippen LogP contribution in [0.5, 0.6) is 11.5 Å². The molecule has 0 spiro atoms. The molecule has 45 heavy (non-hydrogen) atoms. The average molecular weight is 796 g/mol. The summed E-state index contributed by atoms with van der Waals surface area (Å²) in [5.41, 5.74) is 4.27. The molecule has 4 aromatic carbocycles. The minimum absolute atomic E-state index is 0. The van der Waals surface area contributed by atoms with Gasteiger partial charge in [0.05, 0.1) is 26.4 Å². The maximum Gasteiger partial charge on any atom is 0.165 e. The number of nitrogens with zero attached hydrogens (tertiary/aromatic N) is 2. The van der Waals surface area contributed by atoms with Crippen LogP contribution in [0.1, 0.15) is 20.3 Å². The monoisotopic (exact) mass is 796 g/mol. The van der Waals surface area contributed by atoms with Crippen molar-refractivity contribution < 1.29 is 39.8 Å². The largest absolute Gasteiger partial charge is 0.497 e. The Bertz CT molecular complexity index is 1630. The molecule has 1 aliphatic rings. The van der Waals surface area contributed by atoms with Crippen molar-refractivity contribution in [3.8, 4) is 22.8 Å². The van der Waals surface area contributed by atoms with E-state index in [0.717, 1.165) is 28.4 Å². The maximum atomic E-state index is 8.56. The standard InChI is InChI=1S/C32H27N2O2Si.C5H12O2.Ir/c1-34-29-11-4-5-12-30(29)37(25-18-14-23(35-2)15-19-25,26-20-16-24(36-3)17-21-26)31-13-8-9-27(32(31)34)28-10-6-7-22-33-28;1-4(6)3-5(2)7;/h4-8,10-22H,1-3H3;4-7H,3H2,1-2H3;/q-1;;. The zero-order valence-corrected chi connectivity index (χ0v) is 29.6. The zero-order valence-electron chi connectivity index (χ0n) is 26.2. The second-order valence-corrected chi connectivity index (χ2v) is 14.8. The van der Waals surface area contributed by atoms with Gasteiger partial charge in [-0.1, -0.05) is 54.6 Å². The van der Waals surface area contributed by atoms with Crippen LogP contribution in [0.2, 0.25) is 0 Å². The minimum Gasteiger partial charge on any atom is -0.497 e. The van der Waals surface area contributed by atoms with Crippen LogP contribution in [0.3, 0.4) is 0 Å². The fourth-order valence-electron chi connectivity index (χ4n) is 6.16. The van der Waals surface area contributed by atoms with Crippen molar-refractivity contribution in [1.82, 2.24) is 4.98 Å². The second-order valence-electron chi connectivity index (χ2n) is 11.0. The molecule has 1 radical (unpaired) electrons. The molecule has 8 heteroatoms. The maximum absolute atomic E-state index is 8.56. The van der Waals surface area contributed by atoms with Crippen LogP contribution in [-0.2, 0) is 20.1 Å². The summed E-state index contributed by atoms with van der Waals surface area (Å²) in [7, 11) is 2.82. The van der Waals surface area contributed by atoms with Gasteiger partial charge in [-0.25, -0.2) is 0 Å². The van der Waals surface area contributed by atoms with E-state index in [2.05, 4.69) is 109 Å². The Hall–Kier alpha value is -3.78. The Balaban J connectivity index is 0.000000519. The number of hydrogen-bond donors (Lipinski definition) is 2. The number of pyridine rings is 1. The van der Waals surface area contributed by atoms with E-state index in [4.69, 9.17) is 24.7 Å². The summed E-state index contributed by atoms with van der Waals surface area (Å²) < 4.78 is 11.1. The third-order valence-electron chi connectivity index (χ3n) is 8.03. The Morgan fingerprint density at radius 3 is 1.80 bits per heavy atom. The van der Waals surface area contributed by atoms with Crippen LogP contribution in [0.25, 0.3) is 11.3 Å². The fourth-order valence-corrected chi connectivity index (χ4v) is 11.3. The Labute approximate surface area is 280 Å². The smallest absolute Gasteiger partial charge is 0.165 e. The first-order valence-electron chi connectivity index (χ1n) is 14.8. The quantitative estimate of drug-likeness (QED) is 0.191. The summed E-state index contributed by atoms with van der Waals surface area (Å²) in [6.45, 7) is 3.32. The van der Waals surface area contributed by atoms with E-state index in [1.807, 2.05) is 18.3 Å². The number of fused-ring (bicyclic) bond motifs is 2. The van der Waals surface area contributed by atoms with Crippen LogP contribution < -0.4 is 35.1 Å². The Kier molecular flexibility index (Phi) is 11.4. The van der Waals surface area contributed by atoms with Crippen molar-refractivity contribution in [2.75, 3.05) is 26.2 Å². The van der Waals surface area contributed by atoms with Gasteiger partial charge in [-0.2, -0.15) is 0 Å². The summed E-state index contributed by atoms with van der Waals surface area (Å²) in [6.07, 6.45) is 1.57. The predicted molar refractivity (Wildman–Crippen MR) is 181 cm³/mol. The van der Waals surface area contributed by atoms with E-state index in [9.17, 15) is 0 Å². The molecule has 0 saturated heterocycles. The molecule has 6 rings (SSSR count). The van der Waals surface area contributed by atoms with E-state index < -0.39 is 8.07 Å². The number of anilines is 2. The van der Waals surface area contributed by atoms with Crippen molar-refractivity contribution in [3.05, 3.63) is 115 Å². The molecular weight excluding hydrogens is 757 g/mol. The SMILES string of the molecule is CC(O)CC(C)O.COc1ccc([Si]2(c3ccc(OC)cc3)c3ccccc3N(C)c3c(-c4ccccn4)[c-]ccc32)cc1.[Ir]. The van der Waals surface area contributed by atoms with Crippen LogP contribution >= 0.6 is 0 Å². The molecule has 6 nitrogen and oxygen atoms in total. The number of para-hydroxylation sites is 1. The first-order chi connectivity index (χ1) is 21.3. The molecule has 0 amide bonds. The van der Waals surface area contributed by atoms with Gasteiger partial charge in [0, 0.05) is 39.0 Å². The number of aliphatic hydroxyl groups is 2. The normalized spacial score (nSPS) is 14.0. The summed E-state index contributed by atoms with van der Waals surface area (Å²) in [4.78, 5) is 7.02. The zero-order chi connectivity index (χ0) is 31.3. The van der Waals surface area contributed by atoms with E-state index in [1.54, 1.807) is 28.1 Å². The summed E-state index contributed by atoms with van der Waals surface area (Å²) in [5, 5.41) is 22.4. The molecule has 2 N–H and O–H groups in total. The number of benzene rings is 4. The second kappa shape index (κ2) is 15.0. The van der Waals surface area contributed by atoms with Gasteiger partial charge in [0.1, 0.15) is 11.5 Å². The third-order valence-corrected chi connectivity index (χ3v) is 12.9. The number of methoxy groups -OCH3 is 2. The van der Waals surface area contributed by atoms with Gasteiger partial charge in [-0.05, 0) is 83.6 Å². The molecule has 0 aliphatic carbocycles. The number of rotatable bonds is 7. The molecular formula is C37H39IrN2O4Si-. The van der Waals surface area contributed by atoms with E-state index >= 15 is 0 Å². The van der Waals surface area contributed by atoms with Crippen molar-refractivity contribution in [2.24, 2.45) is 0 Å². The number of aliphatic hydroxyl groups excluding tert-OH is 2. The predicted octanol–water partition coefficient (Wildman–Crippen LogP) is 4.16. The summed E-state index contributed by atoms with van der Waals surface area (Å²) >= 11 is 0. The topological polar surface area (TPSA) is 75.1 Å². The molecule has 2 heterocycles. The number of aromatic nitrogens is 1. The van der Waals surface area contributed by atoms with Gasteiger partial charge in [-0.15, -0.1) is 28.9 Å². The third kappa shape index (κ3) is 6.76. The summed E-state index contributed by atoms with van der Waals surface area (Å²) in [5.74, 6) is 1.69. The van der Waals surface area contributed by atoms with Crippen LogP contribution in [0.4, 0.5) is 11.4 Å². The van der Waals surface area contributed by atoms with Gasteiger partial charge < -0.3 is 29.6 Å². The Morgan fingerprint density at radius 2 is 1.31 bits per heavy atom. The van der Waals surface area contributed by atoms with Gasteiger partial charge in [0.25, 0.3) is 0 Å². The van der Waals surface area contributed by atoms with Gasteiger partial charge in [0.15, 0.2) is 8.07 Å². The molecule has 0 bridgehead atoms. The fraction of sp³-hybridized carbons (Fsp3) is 0.216. The van der Waals surface area contributed by atoms with E-state index in [1.165, 1.54) is 26.4 Å². The van der Waals surface area contributed by atoms with Crippen LogP contribution in [-0.4, -0.2) is 56.7 Å². The molecule has 1 aliphatic heterocycles.